The monoisotopic (exact) mass is 345 g/mol. The first-order chi connectivity index (χ1) is 10.1. The van der Waals surface area contributed by atoms with Gasteiger partial charge in [-0.1, -0.05) is 34.1 Å². The van der Waals surface area contributed by atoms with Crippen LogP contribution < -0.4 is 0 Å². The Morgan fingerprint density at radius 1 is 1.14 bits per heavy atom. The van der Waals surface area contributed by atoms with Crippen LogP contribution in [0.3, 0.4) is 0 Å². The molecule has 4 heteroatoms. The predicted octanol–water partition coefficient (Wildman–Crippen LogP) is 4.41. The van der Waals surface area contributed by atoms with Crippen molar-refractivity contribution in [2.24, 2.45) is 0 Å². The predicted molar refractivity (Wildman–Crippen MR) is 84.5 cm³/mol. The van der Waals surface area contributed by atoms with Crippen LogP contribution in [0.1, 0.15) is 17.2 Å². The lowest BCUT2D eigenvalue weighted by Crippen LogP contribution is -2.04. The van der Waals surface area contributed by atoms with Crippen LogP contribution >= 0.6 is 15.9 Å². The summed E-state index contributed by atoms with van der Waals surface area (Å²) < 4.78 is 14.1. The summed E-state index contributed by atoms with van der Waals surface area (Å²) >= 11 is 3.36. The van der Waals surface area contributed by atoms with E-state index >= 15 is 0 Å². The molecule has 0 aliphatic carbocycles. The molecule has 2 aromatic carbocycles. The number of halogens is 2. The highest BCUT2D eigenvalue weighted by Crippen LogP contribution is 2.28. The standard InChI is InChI=1S/C17H13BrFNO/c18-15-6-5-12(19)10-14(15)17(21)9-11-7-8-20-16-4-2-1-3-13(11)16/h1-8,10,17,21H,9H2. The van der Waals surface area contributed by atoms with Crippen molar-refractivity contribution in [1.82, 2.24) is 4.98 Å². The highest BCUT2D eigenvalue weighted by Gasteiger charge is 2.14. The lowest BCUT2D eigenvalue weighted by atomic mass is 9.99. The molecule has 0 saturated heterocycles. The molecule has 2 nitrogen and oxygen atoms in total. The van der Waals surface area contributed by atoms with Gasteiger partial charge in [-0.15, -0.1) is 0 Å². The Bertz CT molecular complexity index is 785. The number of fused-ring (bicyclic) bond motifs is 1. The maximum atomic E-state index is 13.4. The van der Waals surface area contributed by atoms with Crippen molar-refractivity contribution in [3.05, 3.63) is 76.1 Å². The number of aromatic nitrogens is 1. The van der Waals surface area contributed by atoms with Crippen molar-refractivity contribution in [1.29, 1.82) is 0 Å². The van der Waals surface area contributed by atoms with Gasteiger partial charge in [-0.25, -0.2) is 4.39 Å². The fraction of sp³-hybridized carbons (Fsp3) is 0.118. The average Bonchev–Trinajstić information content (AvgIpc) is 2.50. The molecule has 0 fully saturated rings. The fourth-order valence-electron chi connectivity index (χ4n) is 2.42. The molecule has 3 rings (SSSR count). The number of aliphatic hydroxyl groups is 1. The largest absolute Gasteiger partial charge is 0.388 e. The van der Waals surface area contributed by atoms with Crippen molar-refractivity contribution in [3.63, 3.8) is 0 Å². The van der Waals surface area contributed by atoms with Gasteiger partial charge < -0.3 is 5.11 Å². The van der Waals surface area contributed by atoms with Gasteiger partial charge in [-0.2, -0.15) is 0 Å². The van der Waals surface area contributed by atoms with E-state index in [1.54, 1.807) is 12.3 Å². The summed E-state index contributed by atoms with van der Waals surface area (Å²) in [5, 5.41) is 11.4. The first-order valence-electron chi connectivity index (χ1n) is 6.61. The maximum Gasteiger partial charge on any atom is 0.123 e. The first-order valence-corrected chi connectivity index (χ1v) is 7.40. The van der Waals surface area contributed by atoms with Crippen molar-refractivity contribution >= 4 is 26.8 Å². The maximum absolute atomic E-state index is 13.4. The number of benzene rings is 2. The number of para-hydroxylation sites is 1. The van der Waals surface area contributed by atoms with Crippen LogP contribution in [0, 0.1) is 5.82 Å². The quantitative estimate of drug-likeness (QED) is 0.762. The summed E-state index contributed by atoms with van der Waals surface area (Å²) in [7, 11) is 0. The topological polar surface area (TPSA) is 33.1 Å². The fourth-order valence-corrected chi connectivity index (χ4v) is 2.93. The Labute approximate surface area is 130 Å². The Morgan fingerprint density at radius 2 is 1.95 bits per heavy atom. The molecule has 1 aromatic heterocycles. The summed E-state index contributed by atoms with van der Waals surface area (Å²) in [4.78, 5) is 4.30. The zero-order valence-electron chi connectivity index (χ0n) is 11.1. The number of nitrogens with zero attached hydrogens (tertiary/aromatic N) is 1. The summed E-state index contributed by atoms with van der Waals surface area (Å²) in [5.41, 5.74) is 2.43. The van der Waals surface area contributed by atoms with Crippen molar-refractivity contribution in [3.8, 4) is 0 Å². The number of hydrogen-bond donors (Lipinski definition) is 1. The van der Waals surface area contributed by atoms with Gasteiger partial charge in [0, 0.05) is 22.5 Å². The van der Waals surface area contributed by atoms with Crippen LogP contribution in [0.5, 0.6) is 0 Å². The molecule has 106 valence electrons. The van der Waals surface area contributed by atoms with Crippen molar-refractivity contribution < 1.29 is 9.50 Å². The second kappa shape index (κ2) is 5.92. The Morgan fingerprint density at radius 3 is 2.81 bits per heavy atom. The minimum atomic E-state index is -0.777. The molecule has 0 bridgehead atoms. The van der Waals surface area contributed by atoms with Crippen LogP contribution in [0.15, 0.2) is 59.2 Å². The van der Waals surface area contributed by atoms with E-state index in [1.165, 1.54) is 12.1 Å². The van der Waals surface area contributed by atoms with E-state index in [2.05, 4.69) is 20.9 Å². The third-order valence-corrected chi connectivity index (χ3v) is 4.19. The summed E-state index contributed by atoms with van der Waals surface area (Å²) in [6.45, 7) is 0. The van der Waals surface area contributed by atoms with Gasteiger partial charge in [0.25, 0.3) is 0 Å². The molecule has 1 unspecified atom stereocenters. The van der Waals surface area contributed by atoms with E-state index in [0.29, 0.717) is 16.5 Å². The van der Waals surface area contributed by atoms with E-state index in [-0.39, 0.29) is 5.82 Å². The van der Waals surface area contributed by atoms with Gasteiger partial charge in [0.2, 0.25) is 0 Å². The molecule has 0 radical (unpaired) electrons. The van der Waals surface area contributed by atoms with Gasteiger partial charge in [-0.3, -0.25) is 4.98 Å². The smallest absolute Gasteiger partial charge is 0.123 e. The molecular weight excluding hydrogens is 333 g/mol. The Hall–Kier alpha value is -1.78. The minimum Gasteiger partial charge on any atom is -0.388 e. The van der Waals surface area contributed by atoms with E-state index in [1.807, 2.05) is 30.3 Å². The molecule has 0 aliphatic rings. The summed E-state index contributed by atoms with van der Waals surface area (Å²) in [5.74, 6) is -0.355. The molecule has 0 spiro atoms. The van der Waals surface area contributed by atoms with Crippen molar-refractivity contribution in [2.75, 3.05) is 0 Å². The van der Waals surface area contributed by atoms with Crippen molar-refractivity contribution in [2.45, 2.75) is 12.5 Å². The lowest BCUT2D eigenvalue weighted by Gasteiger charge is -2.14. The molecule has 1 atom stereocenters. The van der Waals surface area contributed by atoms with E-state index < -0.39 is 6.10 Å². The molecule has 3 aromatic rings. The second-order valence-electron chi connectivity index (χ2n) is 4.87. The number of pyridine rings is 1. The van der Waals surface area contributed by atoms with E-state index in [4.69, 9.17) is 0 Å². The Balaban J connectivity index is 1.96. The van der Waals surface area contributed by atoms with Gasteiger partial charge in [0.05, 0.1) is 11.6 Å². The molecule has 0 aliphatic heterocycles. The molecule has 1 N–H and O–H groups in total. The van der Waals surface area contributed by atoms with Crippen LogP contribution in [-0.2, 0) is 6.42 Å². The number of hydrogen-bond acceptors (Lipinski definition) is 2. The number of aliphatic hydroxyl groups excluding tert-OH is 1. The van der Waals surface area contributed by atoms with Gasteiger partial charge >= 0.3 is 0 Å². The molecule has 0 amide bonds. The number of rotatable bonds is 3. The third-order valence-electron chi connectivity index (χ3n) is 3.47. The van der Waals surface area contributed by atoms with Gasteiger partial charge in [-0.05, 0) is 41.5 Å². The zero-order chi connectivity index (χ0) is 14.8. The summed E-state index contributed by atoms with van der Waals surface area (Å²) in [6.07, 6.45) is 1.36. The lowest BCUT2D eigenvalue weighted by molar-refractivity contribution is 0.177. The van der Waals surface area contributed by atoms with Crippen LogP contribution in [0.25, 0.3) is 10.9 Å². The average molecular weight is 346 g/mol. The molecular formula is C17H13BrFNO. The Kier molecular flexibility index (Phi) is 3.99. The molecule has 0 saturated carbocycles. The normalized spacial score (nSPS) is 12.5. The second-order valence-corrected chi connectivity index (χ2v) is 5.73. The highest BCUT2D eigenvalue weighted by molar-refractivity contribution is 9.10. The first kappa shape index (κ1) is 14.2. The van der Waals surface area contributed by atoms with Gasteiger partial charge in [0.15, 0.2) is 0 Å². The third kappa shape index (κ3) is 2.96. The van der Waals surface area contributed by atoms with E-state index in [9.17, 15) is 9.50 Å². The van der Waals surface area contributed by atoms with Crippen LogP contribution in [-0.4, -0.2) is 10.1 Å². The summed E-state index contributed by atoms with van der Waals surface area (Å²) in [6, 6.07) is 14.0. The van der Waals surface area contributed by atoms with Gasteiger partial charge in [0.1, 0.15) is 5.82 Å². The zero-order valence-corrected chi connectivity index (χ0v) is 12.7. The molecule has 1 heterocycles. The SMILES string of the molecule is OC(Cc1ccnc2ccccc12)c1cc(F)ccc1Br. The van der Waals surface area contributed by atoms with E-state index in [0.717, 1.165) is 16.5 Å². The highest BCUT2D eigenvalue weighted by atomic mass is 79.9. The van der Waals surface area contributed by atoms with Crippen LogP contribution in [0.4, 0.5) is 4.39 Å². The van der Waals surface area contributed by atoms with Crippen LogP contribution in [0.2, 0.25) is 0 Å². The minimum absolute atomic E-state index is 0.355. The molecule has 21 heavy (non-hydrogen) atoms.